The zero-order valence-corrected chi connectivity index (χ0v) is 16.0. The molecule has 0 aliphatic carbocycles. The van der Waals surface area contributed by atoms with Gasteiger partial charge in [0, 0.05) is 18.5 Å². The van der Waals surface area contributed by atoms with Crippen molar-refractivity contribution in [2.45, 2.75) is 13.8 Å². The fourth-order valence-corrected chi connectivity index (χ4v) is 4.91. The highest BCUT2D eigenvalue weighted by molar-refractivity contribution is 8.26. The number of carbonyl (C=O) groups is 1. The molecule has 6 heteroatoms. The first-order valence-electron chi connectivity index (χ1n) is 7.81. The van der Waals surface area contributed by atoms with Crippen LogP contribution in [0.15, 0.2) is 57.8 Å². The number of thioether (sulfide) groups is 2. The Morgan fingerprint density at radius 1 is 1.08 bits per heavy atom. The highest BCUT2D eigenvalue weighted by Gasteiger charge is 2.30. The lowest BCUT2D eigenvalue weighted by atomic mass is 10.1. The van der Waals surface area contributed by atoms with Gasteiger partial charge in [-0.2, -0.15) is 0 Å². The third-order valence-electron chi connectivity index (χ3n) is 3.80. The summed E-state index contributed by atoms with van der Waals surface area (Å²) in [6.07, 6.45) is 3.91. The highest BCUT2D eigenvalue weighted by Crippen LogP contribution is 2.40. The van der Waals surface area contributed by atoms with Crippen LogP contribution in [-0.4, -0.2) is 33.1 Å². The number of hydrogen-bond donors (Lipinski definition) is 0. The molecule has 1 saturated heterocycles. The molecule has 24 heavy (non-hydrogen) atoms. The molecule has 0 spiro atoms. The fraction of sp³-hybridized carbons (Fsp3) is 0.222. The number of thiocarbonyl (C=S) groups is 1. The minimum Gasteiger partial charge on any atom is -0.335 e. The molecule has 1 fully saturated rings. The van der Waals surface area contributed by atoms with Crippen molar-refractivity contribution in [1.29, 1.82) is 0 Å². The molecule has 1 aromatic rings. The molecule has 0 atom stereocenters. The van der Waals surface area contributed by atoms with Gasteiger partial charge in [-0.1, -0.05) is 66.1 Å². The van der Waals surface area contributed by atoms with Crippen LogP contribution in [0.4, 0.5) is 0 Å². The van der Waals surface area contributed by atoms with Crippen LogP contribution >= 0.6 is 35.7 Å². The molecular weight excluding hydrogens is 356 g/mol. The molecule has 0 bridgehead atoms. The van der Waals surface area contributed by atoms with Crippen molar-refractivity contribution in [1.82, 2.24) is 9.80 Å². The quantitative estimate of drug-likeness (QED) is 0.563. The Morgan fingerprint density at radius 2 is 1.79 bits per heavy atom. The van der Waals surface area contributed by atoms with Gasteiger partial charge in [0.2, 0.25) is 0 Å². The van der Waals surface area contributed by atoms with Crippen molar-refractivity contribution in [3.63, 3.8) is 0 Å². The maximum absolute atomic E-state index is 12.3. The maximum Gasteiger partial charge on any atom is 0.266 e. The lowest BCUT2D eigenvalue weighted by Gasteiger charge is -2.21. The number of carbonyl (C=O) groups excluding carboxylic acids is 1. The zero-order valence-electron chi connectivity index (χ0n) is 13.6. The normalized spacial score (nSPS) is 21.3. The first kappa shape index (κ1) is 17.3. The van der Waals surface area contributed by atoms with Crippen LogP contribution in [0.25, 0.3) is 5.70 Å². The molecule has 1 aromatic carbocycles. The average Bonchev–Trinajstić information content (AvgIpc) is 3.13. The topological polar surface area (TPSA) is 23.6 Å². The highest BCUT2D eigenvalue weighted by atomic mass is 32.2. The molecule has 0 aromatic heterocycles. The maximum atomic E-state index is 12.3. The van der Waals surface area contributed by atoms with Crippen LogP contribution in [0.5, 0.6) is 0 Å². The first-order valence-corrected chi connectivity index (χ1v) is 9.91. The van der Waals surface area contributed by atoms with E-state index in [9.17, 15) is 4.79 Å². The van der Waals surface area contributed by atoms with Crippen molar-refractivity contribution in [3.05, 3.63) is 63.4 Å². The van der Waals surface area contributed by atoms with Crippen LogP contribution in [0.3, 0.4) is 0 Å². The van der Waals surface area contributed by atoms with Crippen LogP contribution in [0.1, 0.15) is 19.4 Å². The van der Waals surface area contributed by atoms with Gasteiger partial charge >= 0.3 is 0 Å². The lowest BCUT2D eigenvalue weighted by molar-refractivity contribution is -0.122. The van der Waals surface area contributed by atoms with Gasteiger partial charge in [0.15, 0.2) is 0 Å². The number of hydrogen-bond acceptors (Lipinski definition) is 5. The summed E-state index contributed by atoms with van der Waals surface area (Å²) in [7, 11) is 0. The van der Waals surface area contributed by atoms with E-state index in [4.69, 9.17) is 12.2 Å². The Bertz CT molecular complexity index is 753. The van der Waals surface area contributed by atoms with Crippen LogP contribution < -0.4 is 0 Å². The second-order valence-electron chi connectivity index (χ2n) is 5.18. The summed E-state index contributed by atoms with van der Waals surface area (Å²) in [5.74, 6) is 0.00615. The van der Waals surface area contributed by atoms with Crippen molar-refractivity contribution in [2.24, 2.45) is 0 Å². The van der Waals surface area contributed by atoms with Gasteiger partial charge in [-0.3, -0.25) is 9.69 Å². The molecule has 3 nitrogen and oxygen atoms in total. The van der Waals surface area contributed by atoms with Crippen LogP contribution in [0.2, 0.25) is 0 Å². The van der Waals surface area contributed by atoms with E-state index in [2.05, 4.69) is 29.4 Å². The summed E-state index contributed by atoms with van der Waals surface area (Å²) < 4.78 is 0.640. The second kappa shape index (κ2) is 7.59. The van der Waals surface area contributed by atoms with Gasteiger partial charge in [0.05, 0.1) is 15.6 Å². The number of benzene rings is 1. The van der Waals surface area contributed by atoms with E-state index in [1.807, 2.05) is 37.3 Å². The molecule has 124 valence electrons. The number of nitrogens with zero attached hydrogens (tertiary/aromatic N) is 2. The third-order valence-corrected chi connectivity index (χ3v) is 6.14. The van der Waals surface area contributed by atoms with Crippen molar-refractivity contribution < 1.29 is 4.79 Å². The molecule has 0 radical (unpaired) electrons. The zero-order chi connectivity index (χ0) is 17.1. The molecule has 0 saturated carbocycles. The molecule has 1 amide bonds. The average molecular weight is 375 g/mol. The predicted octanol–water partition coefficient (Wildman–Crippen LogP) is 4.66. The third kappa shape index (κ3) is 3.31. The van der Waals surface area contributed by atoms with E-state index in [0.717, 1.165) is 11.6 Å². The summed E-state index contributed by atoms with van der Waals surface area (Å²) in [4.78, 5) is 16.9. The van der Waals surface area contributed by atoms with Crippen LogP contribution in [0, 0.1) is 0 Å². The van der Waals surface area contributed by atoms with Crippen LogP contribution in [-0.2, 0) is 4.79 Å². The van der Waals surface area contributed by atoms with E-state index < -0.39 is 0 Å². The predicted molar refractivity (Wildman–Crippen MR) is 108 cm³/mol. The molecular formula is C18H18N2OS3. The van der Waals surface area contributed by atoms with E-state index in [-0.39, 0.29) is 5.91 Å². The van der Waals surface area contributed by atoms with Gasteiger partial charge < -0.3 is 4.90 Å². The minimum absolute atomic E-state index is 0.00615. The van der Waals surface area contributed by atoms with Gasteiger partial charge in [-0.15, -0.1) is 0 Å². The Kier molecular flexibility index (Phi) is 5.48. The molecule has 0 unspecified atom stereocenters. The number of allylic oxidation sites excluding steroid dienone is 2. The summed E-state index contributed by atoms with van der Waals surface area (Å²) >= 11 is 8.31. The fourth-order valence-electron chi connectivity index (χ4n) is 2.58. The Balaban J connectivity index is 1.81. The van der Waals surface area contributed by atoms with E-state index >= 15 is 0 Å². The SMILES string of the molecule is CCN1C(=O)/C(=C\C=C2\SC=C(c3ccccc3)N2CC)SC1=S. The number of likely N-dealkylation sites (N-methyl/N-ethyl adjacent to an activating group) is 1. The summed E-state index contributed by atoms with van der Waals surface area (Å²) in [5, 5.41) is 3.29. The van der Waals surface area contributed by atoms with Gasteiger partial charge in [-0.05, 0) is 31.6 Å². The number of amides is 1. The van der Waals surface area contributed by atoms with E-state index in [1.165, 1.54) is 23.0 Å². The first-order chi connectivity index (χ1) is 11.7. The summed E-state index contributed by atoms with van der Waals surface area (Å²) in [6.45, 7) is 5.57. The lowest BCUT2D eigenvalue weighted by Crippen LogP contribution is -2.27. The molecule has 2 aliphatic rings. The largest absolute Gasteiger partial charge is 0.335 e. The Morgan fingerprint density at radius 3 is 2.42 bits per heavy atom. The molecule has 0 N–H and O–H groups in total. The van der Waals surface area contributed by atoms with Gasteiger partial charge in [0.25, 0.3) is 5.91 Å². The minimum atomic E-state index is 0.00615. The molecule has 3 rings (SSSR count). The Hall–Kier alpha value is -1.50. The van der Waals surface area contributed by atoms with Crippen molar-refractivity contribution >= 4 is 51.7 Å². The second-order valence-corrected chi connectivity index (χ2v) is 7.75. The standard InChI is InChI=1S/C18H18N2OS3/c1-3-19-14(13-8-6-5-7-9-13)12-23-16(19)11-10-15-17(21)20(4-2)18(22)24-15/h5-12H,3-4H2,1-2H3/b15-10+,16-11+. The number of rotatable bonds is 4. The summed E-state index contributed by atoms with van der Waals surface area (Å²) in [6, 6.07) is 10.3. The monoisotopic (exact) mass is 374 g/mol. The molecule has 2 aliphatic heterocycles. The van der Waals surface area contributed by atoms with E-state index in [1.54, 1.807) is 16.7 Å². The smallest absolute Gasteiger partial charge is 0.266 e. The van der Waals surface area contributed by atoms with Crippen molar-refractivity contribution in [3.8, 4) is 0 Å². The molecule has 2 heterocycles. The Labute approximate surface area is 156 Å². The van der Waals surface area contributed by atoms with Gasteiger partial charge in [0.1, 0.15) is 4.32 Å². The summed E-state index contributed by atoms with van der Waals surface area (Å²) in [5.41, 5.74) is 2.40. The van der Waals surface area contributed by atoms with E-state index in [0.29, 0.717) is 15.8 Å². The van der Waals surface area contributed by atoms with Crippen molar-refractivity contribution in [2.75, 3.05) is 13.1 Å². The van der Waals surface area contributed by atoms with Gasteiger partial charge in [-0.25, -0.2) is 0 Å².